The van der Waals surface area contributed by atoms with Crippen LogP contribution >= 0.6 is 50.5 Å². The van der Waals surface area contributed by atoms with Crippen molar-refractivity contribution in [1.29, 1.82) is 0 Å². The number of rotatable bonds is 3. The van der Waals surface area contributed by atoms with Gasteiger partial charge in [-0.3, -0.25) is 4.79 Å². The van der Waals surface area contributed by atoms with Crippen LogP contribution < -0.4 is 5.32 Å². The summed E-state index contributed by atoms with van der Waals surface area (Å²) in [5.74, 6) is -0.272. The van der Waals surface area contributed by atoms with Crippen molar-refractivity contribution in [3.05, 3.63) is 54.6 Å². The van der Waals surface area contributed by atoms with E-state index in [0.717, 1.165) is 9.35 Å². The number of benzene rings is 1. The molecule has 0 aliphatic carbocycles. The van der Waals surface area contributed by atoms with E-state index in [1.165, 1.54) is 0 Å². The Balaban J connectivity index is 2.11. The highest BCUT2D eigenvalue weighted by atomic mass is 79.9. The van der Waals surface area contributed by atoms with Gasteiger partial charge in [0.2, 0.25) is 0 Å². The van der Waals surface area contributed by atoms with Gasteiger partial charge >= 0.3 is 0 Å². The molecule has 0 saturated heterocycles. The van der Waals surface area contributed by atoms with Gasteiger partial charge in [0.1, 0.15) is 0 Å². The quantitative estimate of drug-likeness (QED) is 0.836. The smallest absolute Gasteiger partial charge is 0.254 e. The second-order valence-electron chi connectivity index (χ2n) is 3.47. The van der Waals surface area contributed by atoms with Gasteiger partial charge in [-0.15, -0.1) is 11.3 Å². The van der Waals surface area contributed by atoms with Crippen LogP contribution in [-0.4, -0.2) is 5.91 Å². The Bertz CT molecular complexity index is 565. The minimum atomic E-state index is -0.272. The molecule has 2 aromatic rings. The predicted octanol–water partition coefficient (Wildman–Crippen LogP) is 4.75. The third-order valence-corrected chi connectivity index (χ3v) is 4.85. The summed E-state index contributed by atoms with van der Waals surface area (Å²) in [7, 11) is 0. The molecule has 18 heavy (non-hydrogen) atoms. The van der Waals surface area contributed by atoms with E-state index in [2.05, 4.69) is 21.2 Å². The summed E-state index contributed by atoms with van der Waals surface area (Å²) in [5, 5.41) is 5.45. The van der Waals surface area contributed by atoms with Crippen molar-refractivity contribution in [3.8, 4) is 0 Å². The fourth-order valence-electron chi connectivity index (χ4n) is 1.41. The zero-order valence-corrected chi connectivity index (χ0v) is 13.0. The van der Waals surface area contributed by atoms with Crippen molar-refractivity contribution in [2.45, 2.75) is 6.54 Å². The second-order valence-corrected chi connectivity index (χ2v) is 6.14. The summed E-state index contributed by atoms with van der Waals surface area (Å²) >= 11 is 16.9. The molecule has 0 atom stereocenters. The lowest BCUT2D eigenvalue weighted by atomic mass is 10.2. The lowest BCUT2D eigenvalue weighted by Gasteiger charge is -2.07. The van der Waals surface area contributed by atoms with Gasteiger partial charge in [0.15, 0.2) is 0 Å². The molecule has 94 valence electrons. The van der Waals surface area contributed by atoms with Gasteiger partial charge in [-0.25, -0.2) is 0 Å². The zero-order valence-electron chi connectivity index (χ0n) is 9.04. The number of hydrogen-bond donors (Lipinski definition) is 1. The van der Waals surface area contributed by atoms with Crippen molar-refractivity contribution in [2.75, 3.05) is 0 Å². The molecule has 1 heterocycles. The average molecular weight is 365 g/mol. The molecule has 2 nitrogen and oxygen atoms in total. The van der Waals surface area contributed by atoms with E-state index < -0.39 is 0 Å². The van der Waals surface area contributed by atoms with Crippen LogP contribution in [0.3, 0.4) is 0 Å². The average Bonchev–Trinajstić information content (AvgIpc) is 2.72. The number of halogens is 3. The zero-order chi connectivity index (χ0) is 13.1. The Morgan fingerprint density at radius 2 is 1.94 bits per heavy atom. The third-order valence-electron chi connectivity index (χ3n) is 2.29. The first-order chi connectivity index (χ1) is 8.59. The van der Waals surface area contributed by atoms with Crippen molar-refractivity contribution in [1.82, 2.24) is 5.32 Å². The van der Waals surface area contributed by atoms with E-state index in [0.29, 0.717) is 22.2 Å². The summed E-state index contributed by atoms with van der Waals surface area (Å²) < 4.78 is 0.984. The van der Waals surface area contributed by atoms with E-state index in [1.54, 1.807) is 29.5 Å². The number of amides is 1. The summed E-state index contributed by atoms with van der Waals surface area (Å²) in [6, 6.07) is 6.93. The Hall–Kier alpha value is -0.550. The van der Waals surface area contributed by atoms with Crippen LogP contribution in [0.25, 0.3) is 0 Å². The Morgan fingerprint density at radius 1 is 1.28 bits per heavy atom. The standard InChI is InChI=1S/C12H8BrCl2NOS/c13-7-4-5-18-10(7)6-16-12(17)11-8(14)2-1-3-9(11)15/h1-5H,6H2,(H,16,17). The highest BCUT2D eigenvalue weighted by Crippen LogP contribution is 2.25. The molecule has 0 radical (unpaired) electrons. The van der Waals surface area contributed by atoms with Crippen molar-refractivity contribution < 1.29 is 4.79 Å². The van der Waals surface area contributed by atoms with Crippen LogP contribution in [0.5, 0.6) is 0 Å². The molecule has 1 N–H and O–H groups in total. The summed E-state index contributed by atoms with van der Waals surface area (Å²) in [6.45, 7) is 0.443. The van der Waals surface area contributed by atoms with Crippen LogP contribution in [0.15, 0.2) is 34.1 Å². The molecule has 0 aliphatic rings. The molecule has 0 fully saturated rings. The van der Waals surface area contributed by atoms with E-state index in [4.69, 9.17) is 23.2 Å². The largest absolute Gasteiger partial charge is 0.347 e. The number of carbonyl (C=O) groups is 1. The monoisotopic (exact) mass is 363 g/mol. The van der Waals surface area contributed by atoms with Gasteiger partial charge in [-0.1, -0.05) is 29.3 Å². The number of nitrogens with one attached hydrogen (secondary N) is 1. The molecule has 1 amide bonds. The first-order valence-electron chi connectivity index (χ1n) is 5.03. The van der Waals surface area contributed by atoms with E-state index in [1.807, 2.05) is 11.4 Å². The second kappa shape index (κ2) is 6.06. The van der Waals surface area contributed by atoms with E-state index >= 15 is 0 Å². The number of hydrogen-bond acceptors (Lipinski definition) is 2. The predicted molar refractivity (Wildman–Crippen MR) is 79.7 cm³/mol. The summed E-state index contributed by atoms with van der Waals surface area (Å²) in [4.78, 5) is 13.0. The van der Waals surface area contributed by atoms with Crippen molar-refractivity contribution in [3.63, 3.8) is 0 Å². The molecule has 6 heteroatoms. The lowest BCUT2D eigenvalue weighted by Crippen LogP contribution is -2.23. The van der Waals surface area contributed by atoms with Crippen molar-refractivity contribution >= 4 is 56.4 Å². The first-order valence-corrected chi connectivity index (χ1v) is 7.46. The maximum absolute atomic E-state index is 12.0. The third kappa shape index (κ3) is 3.06. The molecule has 0 unspecified atom stereocenters. The molecular weight excluding hydrogens is 357 g/mol. The van der Waals surface area contributed by atoms with Gasteiger partial charge in [0, 0.05) is 9.35 Å². The van der Waals surface area contributed by atoms with Gasteiger partial charge in [0.25, 0.3) is 5.91 Å². The number of thiophene rings is 1. The molecule has 0 saturated carbocycles. The van der Waals surface area contributed by atoms with Crippen LogP contribution in [0.2, 0.25) is 10.0 Å². The maximum Gasteiger partial charge on any atom is 0.254 e. The van der Waals surface area contributed by atoms with Crippen LogP contribution in [0.1, 0.15) is 15.2 Å². The Morgan fingerprint density at radius 3 is 2.50 bits per heavy atom. The van der Waals surface area contributed by atoms with Crippen LogP contribution in [0, 0.1) is 0 Å². The minimum absolute atomic E-state index is 0.272. The van der Waals surface area contributed by atoms with Crippen molar-refractivity contribution in [2.24, 2.45) is 0 Å². The van der Waals surface area contributed by atoms with E-state index in [9.17, 15) is 4.79 Å². The SMILES string of the molecule is O=C(NCc1sccc1Br)c1c(Cl)cccc1Cl. The normalized spacial score (nSPS) is 10.4. The molecule has 1 aromatic heterocycles. The molecular formula is C12H8BrCl2NOS. The van der Waals surface area contributed by atoms with Gasteiger partial charge in [-0.2, -0.15) is 0 Å². The molecule has 2 rings (SSSR count). The number of carbonyl (C=O) groups excluding carboxylic acids is 1. The Kier molecular flexibility index (Phi) is 4.67. The topological polar surface area (TPSA) is 29.1 Å². The summed E-state index contributed by atoms with van der Waals surface area (Å²) in [6.07, 6.45) is 0. The molecule has 0 aliphatic heterocycles. The minimum Gasteiger partial charge on any atom is -0.347 e. The molecule has 0 spiro atoms. The van der Waals surface area contributed by atoms with E-state index in [-0.39, 0.29) is 5.91 Å². The van der Waals surface area contributed by atoms with Gasteiger partial charge in [0.05, 0.1) is 22.2 Å². The fourth-order valence-corrected chi connectivity index (χ4v) is 3.42. The van der Waals surface area contributed by atoms with Crippen LogP contribution in [0.4, 0.5) is 0 Å². The van der Waals surface area contributed by atoms with Crippen LogP contribution in [-0.2, 0) is 6.54 Å². The summed E-state index contributed by atoms with van der Waals surface area (Å²) in [5.41, 5.74) is 0.313. The first kappa shape index (κ1) is 13.9. The van der Waals surface area contributed by atoms with Gasteiger partial charge in [-0.05, 0) is 39.5 Å². The molecule has 0 bridgehead atoms. The lowest BCUT2D eigenvalue weighted by molar-refractivity contribution is 0.0951. The maximum atomic E-state index is 12.0. The van der Waals surface area contributed by atoms with Gasteiger partial charge < -0.3 is 5.32 Å². The highest BCUT2D eigenvalue weighted by Gasteiger charge is 2.14. The fraction of sp³-hybridized carbons (Fsp3) is 0.0833. The Labute approximate surface area is 127 Å². The highest BCUT2D eigenvalue weighted by molar-refractivity contribution is 9.10. The molecule has 1 aromatic carbocycles.